The Balaban J connectivity index is 1.54. The molecule has 0 saturated heterocycles. The van der Waals surface area contributed by atoms with Gasteiger partial charge in [0.05, 0.1) is 0 Å². The van der Waals surface area contributed by atoms with E-state index in [2.05, 4.69) is 10.6 Å². The molecule has 5 heteroatoms. The van der Waals surface area contributed by atoms with E-state index in [0.717, 1.165) is 18.4 Å². The van der Waals surface area contributed by atoms with Gasteiger partial charge in [0, 0.05) is 17.3 Å². The van der Waals surface area contributed by atoms with Crippen molar-refractivity contribution in [2.75, 3.05) is 11.9 Å². The number of aryl methyl sites for hydroxylation is 1. The number of carbonyl (C=O) groups is 2. The summed E-state index contributed by atoms with van der Waals surface area (Å²) in [6.07, 6.45) is 2.08. The molecule has 3 rings (SSSR count). The molecule has 2 N–H and O–H groups in total. The summed E-state index contributed by atoms with van der Waals surface area (Å²) < 4.78 is 5.47. The summed E-state index contributed by atoms with van der Waals surface area (Å²) in [5, 5.41) is 5.67. The number of ether oxygens (including phenoxy) is 1. The van der Waals surface area contributed by atoms with E-state index in [4.69, 9.17) is 4.74 Å². The molecule has 0 unspecified atom stereocenters. The van der Waals surface area contributed by atoms with Crippen LogP contribution in [0.4, 0.5) is 5.69 Å². The number of benzene rings is 2. The summed E-state index contributed by atoms with van der Waals surface area (Å²) in [7, 11) is 0. The molecule has 0 bridgehead atoms. The Morgan fingerprint density at radius 2 is 1.92 bits per heavy atom. The van der Waals surface area contributed by atoms with Crippen molar-refractivity contribution in [3.63, 3.8) is 0 Å². The minimum atomic E-state index is -0.267. The lowest BCUT2D eigenvalue weighted by atomic mass is 10.2. The molecule has 2 amide bonds. The van der Waals surface area contributed by atoms with Crippen molar-refractivity contribution in [1.29, 1.82) is 0 Å². The van der Waals surface area contributed by atoms with Gasteiger partial charge in [0.2, 0.25) is 0 Å². The number of rotatable bonds is 6. The van der Waals surface area contributed by atoms with E-state index in [9.17, 15) is 9.59 Å². The van der Waals surface area contributed by atoms with Crippen LogP contribution < -0.4 is 15.4 Å². The van der Waals surface area contributed by atoms with Crippen molar-refractivity contribution in [3.8, 4) is 5.75 Å². The third-order valence-electron chi connectivity index (χ3n) is 3.68. The summed E-state index contributed by atoms with van der Waals surface area (Å²) in [6, 6.07) is 14.7. The molecule has 2 aromatic carbocycles. The first-order chi connectivity index (χ1) is 11.6. The molecule has 0 aromatic heterocycles. The molecule has 1 aliphatic rings. The molecule has 5 nitrogen and oxygen atoms in total. The van der Waals surface area contributed by atoms with Crippen molar-refractivity contribution in [1.82, 2.24) is 5.32 Å². The maximum Gasteiger partial charge on any atom is 0.262 e. The Labute approximate surface area is 141 Å². The first-order valence-electron chi connectivity index (χ1n) is 8.00. The SMILES string of the molecule is Cc1cccc(OCC(=O)Nc2cccc(C(=O)NC3CC3)c2)c1. The van der Waals surface area contributed by atoms with Gasteiger partial charge in [-0.05, 0) is 55.7 Å². The molecular formula is C19H20N2O3. The van der Waals surface area contributed by atoms with Gasteiger partial charge in [-0.15, -0.1) is 0 Å². The second kappa shape index (κ2) is 7.17. The van der Waals surface area contributed by atoms with E-state index in [1.54, 1.807) is 24.3 Å². The van der Waals surface area contributed by atoms with Crippen LogP contribution in [0.5, 0.6) is 5.75 Å². The Morgan fingerprint density at radius 1 is 1.12 bits per heavy atom. The fourth-order valence-corrected chi connectivity index (χ4v) is 2.29. The van der Waals surface area contributed by atoms with Gasteiger partial charge in [-0.25, -0.2) is 0 Å². The fourth-order valence-electron chi connectivity index (χ4n) is 2.29. The molecule has 124 valence electrons. The highest BCUT2D eigenvalue weighted by Crippen LogP contribution is 2.20. The van der Waals surface area contributed by atoms with Crippen molar-refractivity contribution in [2.45, 2.75) is 25.8 Å². The second-order valence-electron chi connectivity index (χ2n) is 5.98. The van der Waals surface area contributed by atoms with E-state index < -0.39 is 0 Å². The standard InChI is InChI=1S/C19H20N2O3/c1-13-4-2-7-17(10-13)24-12-18(22)20-16-6-3-5-14(11-16)19(23)21-15-8-9-15/h2-7,10-11,15H,8-9,12H2,1H3,(H,20,22)(H,21,23). The first-order valence-corrected chi connectivity index (χ1v) is 8.00. The molecule has 0 radical (unpaired) electrons. The number of carbonyl (C=O) groups excluding carboxylic acids is 2. The second-order valence-corrected chi connectivity index (χ2v) is 5.98. The summed E-state index contributed by atoms with van der Waals surface area (Å²) in [6.45, 7) is 1.88. The summed E-state index contributed by atoms with van der Waals surface area (Å²) >= 11 is 0. The van der Waals surface area contributed by atoms with E-state index in [-0.39, 0.29) is 18.4 Å². The van der Waals surface area contributed by atoms with Crippen molar-refractivity contribution in [2.24, 2.45) is 0 Å². The molecule has 0 heterocycles. The van der Waals surface area contributed by atoms with Gasteiger partial charge in [0.1, 0.15) is 5.75 Å². The fraction of sp³-hybridized carbons (Fsp3) is 0.263. The third kappa shape index (κ3) is 4.59. The smallest absolute Gasteiger partial charge is 0.262 e. The van der Waals surface area contributed by atoms with Crippen LogP contribution in [-0.2, 0) is 4.79 Å². The molecular weight excluding hydrogens is 304 g/mol. The van der Waals surface area contributed by atoms with Gasteiger partial charge in [0.25, 0.3) is 11.8 Å². The van der Waals surface area contributed by atoms with Gasteiger partial charge in [-0.2, -0.15) is 0 Å². The van der Waals surface area contributed by atoms with Gasteiger partial charge < -0.3 is 15.4 Å². The summed E-state index contributed by atoms with van der Waals surface area (Å²) in [5.41, 5.74) is 2.19. The van der Waals surface area contributed by atoms with Gasteiger partial charge in [0.15, 0.2) is 6.61 Å². The normalized spacial score (nSPS) is 13.2. The predicted molar refractivity (Wildman–Crippen MR) is 92.2 cm³/mol. The van der Waals surface area contributed by atoms with Crippen molar-refractivity contribution < 1.29 is 14.3 Å². The zero-order valence-corrected chi connectivity index (χ0v) is 13.5. The van der Waals surface area contributed by atoms with Crippen molar-refractivity contribution in [3.05, 3.63) is 59.7 Å². The Bertz CT molecular complexity index is 754. The Morgan fingerprint density at radius 3 is 2.67 bits per heavy atom. The van der Waals surface area contributed by atoms with Crippen LogP contribution in [0.3, 0.4) is 0 Å². The van der Waals surface area contributed by atoms with Crippen LogP contribution >= 0.6 is 0 Å². The lowest BCUT2D eigenvalue weighted by Crippen LogP contribution is -2.25. The van der Waals surface area contributed by atoms with Crippen molar-refractivity contribution >= 4 is 17.5 Å². The highest BCUT2D eigenvalue weighted by atomic mass is 16.5. The molecule has 0 spiro atoms. The highest BCUT2D eigenvalue weighted by Gasteiger charge is 2.23. The number of anilines is 1. The van der Waals surface area contributed by atoms with Crippen LogP contribution in [0.2, 0.25) is 0 Å². The summed E-state index contributed by atoms with van der Waals surface area (Å²) in [4.78, 5) is 24.0. The molecule has 0 atom stereocenters. The number of amides is 2. The first kappa shape index (κ1) is 16.1. The minimum absolute atomic E-state index is 0.0814. The van der Waals surface area contributed by atoms with Gasteiger partial charge in [-0.1, -0.05) is 18.2 Å². The third-order valence-corrected chi connectivity index (χ3v) is 3.68. The number of hydrogen-bond acceptors (Lipinski definition) is 3. The molecule has 1 saturated carbocycles. The monoisotopic (exact) mass is 324 g/mol. The lowest BCUT2D eigenvalue weighted by molar-refractivity contribution is -0.118. The highest BCUT2D eigenvalue weighted by molar-refractivity contribution is 5.97. The van der Waals surface area contributed by atoms with Crippen LogP contribution in [0.1, 0.15) is 28.8 Å². The van der Waals surface area contributed by atoms with Crippen LogP contribution in [0.15, 0.2) is 48.5 Å². The molecule has 2 aromatic rings. The van der Waals surface area contributed by atoms with E-state index in [1.807, 2.05) is 31.2 Å². The maximum absolute atomic E-state index is 12.0. The van der Waals surface area contributed by atoms with Crippen LogP contribution in [0.25, 0.3) is 0 Å². The van der Waals surface area contributed by atoms with E-state index >= 15 is 0 Å². The zero-order valence-electron chi connectivity index (χ0n) is 13.5. The minimum Gasteiger partial charge on any atom is -0.484 e. The Kier molecular flexibility index (Phi) is 4.79. The Hall–Kier alpha value is -2.82. The van der Waals surface area contributed by atoms with Gasteiger partial charge in [-0.3, -0.25) is 9.59 Å². The van der Waals surface area contributed by atoms with Crippen LogP contribution in [0, 0.1) is 6.92 Å². The zero-order chi connectivity index (χ0) is 16.9. The number of hydrogen-bond donors (Lipinski definition) is 2. The summed E-state index contributed by atoms with van der Waals surface area (Å²) in [5.74, 6) is 0.281. The molecule has 0 aliphatic heterocycles. The number of nitrogens with one attached hydrogen (secondary N) is 2. The van der Waals surface area contributed by atoms with Gasteiger partial charge >= 0.3 is 0 Å². The van der Waals surface area contributed by atoms with Crippen LogP contribution in [-0.4, -0.2) is 24.5 Å². The average molecular weight is 324 g/mol. The lowest BCUT2D eigenvalue weighted by Gasteiger charge is -2.09. The van der Waals surface area contributed by atoms with E-state index in [0.29, 0.717) is 23.0 Å². The average Bonchev–Trinajstić information content (AvgIpc) is 3.37. The molecule has 1 fully saturated rings. The maximum atomic E-state index is 12.0. The predicted octanol–water partition coefficient (Wildman–Crippen LogP) is 2.90. The topological polar surface area (TPSA) is 67.4 Å². The largest absolute Gasteiger partial charge is 0.484 e. The quantitative estimate of drug-likeness (QED) is 0.858. The van der Waals surface area contributed by atoms with E-state index in [1.165, 1.54) is 0 Å². The molecule has 1 aliphatic carbocycles. The molecule has 24 heavy (non-hydrogen) atoms.